The molecule has 0 bridgehead atoms. The van der Waals surface area contributed by atoms with Gasteiger partial charge in [-0.05, 0) is 45.2 Å². The third-order valence-corrected chi connectivity index (χ3v) is 3.02. The number of hydrogen-bond donors (Lipinski definition) is 2. The summed E-state index contributed by atoms with van der Waals surface area (Å²) in [6.07, 6.45) is 9.32. The fourth-order valence-electron chi connectivity index (χ4n) is 2.03. The van der Waals surface area contributed by atoms with E-state index < -0.39 is 0 Å². The molecule has 82 valence electrons. The Hall–Kier alpha value is -1.09. The fraction of sp³-hybridized carbons (Fsp3) is 0.583. The van der Waals surface area contributed by atoms with Crippen molar-refractivity contribution < 1.29 is 0 Å². The summed E-state index contributed by atoms with van der Waals surface area (Å²) in [6.45, 7) is 3.22. The molecule has 1 aromatic rings. The van der Waals surface area contributed by atoms with Crippen LogP contribution in [0.4, 0.5) is 0 Å². The smallest absolute Gasteiger partial charge is 0.0518 e. The Morgan fingerprint density at radius 1 is 1.60 bits per heavy atom. The molecule has 0 radical (unpaired) electrons. The third kappa shape index (κ3) is 2.93. The molecule has 1 heterocycles. The monoisotopic (exact) mass is 205 g/mol. The Balaban J connectivity index is 1.69. The van der Waals surface area contributed by atoms with Crippen molar-refractivity contribution in [2.24, 2.45) is 0 Å². The molecule has 3 heteroatoms. The first kappa shape index (κ1) is 10.4. The zero-order valence-electron chi connectivity index (χ0n) is 9.29. The van der Waals surface area contributed by atoms with Crippen LogP contribution in [0.2, 0.25) is 0 Å². The van der Waals surface area contributed by atoms with Crippen molar-refractivity contribution >= 4 is 0 Å². The summed E-state index contributed by atoms with van der Waals surface area (Å²) in [5, 5.41) is 10.4. The summed E-state index contributed by atoms with van der Waals surface area (Å²) >= 11 is 0. The fourth-order valence-corrected chi connectivity index (χ4v) is 2.03. The van der Waals surface area contributed by atoms with Gasteiger partial charge in [0.15, 0.2) is 0 Å². The maximum Gasteiger partial charge on any atom is 0.0518 e. The van der Waals surface area contributed by atoms with Gasteiger partial charge in [0, 0.05) is 12.2 Å². The predicted molar refractivity (Wildman–Crippen MR) is 61.6 cm³/mol. The lowest BCUT2D eigenvalue weighted by atomic mass is 10.1. The molecule has 0 saturated heterocycles. The van der Waals surface area contributed by atoms with E-state index in [1.165, 1.54) is 25.7 Å². The van der Waals surface area contributed by atoms with Crippen molar-refractivity contribution in [3.63, 3.8) is 0 Å². The van der Waals surface area contributed by atoms with Gasteiger partial charge < -0.3 is 5.32 Å². The highest BCUT2D eigenvalue weighted by molar-refractivity contribution is 5.08. The van der Waals surface area contributed by atoms with E-state index in [0.717, 1.165) is 12.2 Å². The first-order valence-corrected chi connectivity index (χ1v) is 5.77. The predicted octanol–water partition coefficient (Wildman–Crippen LogP) is 2.56. The Bertz CT molecular complexity index is 314. The van der Waals surface area contributed by atoms with Crippen LogP contribution in [0.3, 0.4) is 0 Å². The van der Waals surface area contributed by atoms with Crippen LogP contribution in [0.1, 0.15) is 44.3 Å². The average Bonchev–Trinajstić information content (AvgIpc) is 2.90. The second kappa shape index (κ2) is 5.12. The molecule has 2 rings (SSSR count). The molecule has 0 saturated carbocycles. The summed E-state index contributed by atoms with van der Waals surface area (Å²) in [5.74, 6) is 0. The molecule has 1 unspecified atom stereocenters. The highest BCUT2D eigenvalue weighted by Crippen LogP contribution is 2.20. The summed E-state index contributed by atoms with van der Waals surface area (Å²) in [4.78, 5) is 0. The maximum absolute atomic E-state index is 3.95. The molecule has 0 aromatic carbocycles. The van der Waals surface area contributed by atoms with Crippen LogP contribution in [-0.4, -0.2) is 16.7 Å². The van der Waals surface area contributed by atoms with Gasteiger partial charge in [0.25, 0.3) is 0 Å². The van der Waals surface area contributed by atoms with Crippen LogP contribution >= 0.6 is 0 Å². The summed E-state index contributed by atoms with van der Waals surface area (Å²) in [5.41, 5.74) is 2.79. The first-order chi connectivity index (χ1) is 7.36. The van der Waals surface area contributed by atoms with Crippen molar-refractivity contribution in [3.05, 3.63) is 29.6 Å². The second-order valence-corrected chi connectivity index (χ2v) is 4.19. The van der Waals surface area contributed by atoms with E-state index in [1.54, 1.807) is 11.8 Å². The van der Waals surface area contributed by atoms with E-state index in [-0.39, 0.29) is 0 Å². The van der Waals surface area contributed by atoms with Crippen molar-refractivity contribution in [1.82, 2.24) is 15.5 Å². The van der Waals surface area contributed by atoms with Crippen molar-refractivity contribution in [2.45, 2.75) is 38.6 Å². The molecule has 1 aliphatic rings. The van der Waals surface area contributed by atoms with E-state index in [2.05, 4.69) is 28.5 Å². The van der Waals surface area contributed by atoms with Gasteiger partial charge in [0.2, 0.25) is 0 Å². The second-order valence-electron chi connectivity index (χ2n) is 4.19. The number of allylic oxidation sites excluding steroid dienone is 1. The van der Waals surface area contributed by atoms with E-state index in [4.69, 9.17) is 0 Å². The highest BCUT2D eigenvalue weighted by atomic mass is 15.1. The summed E-state index contributed by atoms with van der Waals surface area (Å²) < 4.78 is 0. The maximum atomic E-state index is 3.95. The lowest BCUT2D eigenvalue weighted by molar-refractivity contribution is 0.559. The summed E-state index contributed by atoms with van der Waals surface area (Å²) in [6, 6.07) is 2.39. The van der Waals surface area contributed by atoms with Crippen molar-refractivity contribution in [3.8, 4) is 0 Å². The van der Waals surface area contributed by atoms with Gasteiger partial charge in [0.05, 0.1) is 5.69 Å². The Labute approximate surface area is 91.0 Å². The Morgan fingerprint density at radius 2 is 2.53 bits per heavy atom. The van der Waals surface area contributed by atoms with Gasteiger partial charge in [-0.15, -0.1) is 0 Å². The standard InChI is InChI=1S/C12H19N3/c1-10(12-7-9-14-15-12)13-8-6-11-4-2-3-5-11/h4,7,9-10,13H,2-3,5-6,8H2,1H3,(H,14,15). The van der Waals surface area contributed by atoms with Crippen LogP contribution in [0.5, 0.6) is 0 Å². The van der Waals surface area contributed by atoms with Gasteiger partial charge in [-0.2, -0.15) is 5.10 Å². The third-order valence-electron chi connectivity index (χ3n) is 3.02. The van der Waals surface area contributed by atoms with Gasteiger partial charge in [-0.3, -0.25) is 5.10 Å². The van der Waals surface area contributed by atoms with Crippen molar-refractivity contribution in [1.29, 1.82) is 0 Å². The molecule has 0 fully saturated rings. The minimum absolute atomic E-state index is 0.370. The van der Waals surface area contributed by atoms with E-state index in [1.807, 2.05) is 6.07 Å². The van der Waals surface area contributed by atoms with E-state index in [9.17, 15) is 0 Å². The molecule has 1 aliphatic carbocycles. The molecule has 0 amide bonds. The number of H-pyrrole nitrogens is 1. The molecule has 0 spiro atoms. The first-order valence-electron chi connectivity index (χ1n) is 5.77. The Kier molecular flexibility index (Phi) is 3.56. The van der Waals surface area contributed by atoms with Gasteiger partial charge in [-0.25, -0.2) is 0 Å². The lowest BCUT2D eigenvalue weighted by Crippen LogP contribution is -2.20. The minimum atomic E-state index is 0.370. The largest absolute Gasteiger partial charge is 0.309 e. The molecule has 0 aliphatic heterocycles. The molecular formula is C12H19N3. The Morgan fingerprint density at radius 3 is 3.20 bits per heavy atom. The molecule has 3 nitrogen and oxygen atoms in total. The average molecular weight is 205 g/mol. The van der Waals surface area contributed by atoms with Crippen LogP contribution in [0.25, 0.3) is 0 Å². The lowest BCUT2D eigenvalue weighted by Gasteiger charge is -2.11. The van der Waals surface area contributed by atoms with Crippen LogP contribution < -0.4 is 5.32 Å². The van der Waals surface area contributed by atoms with Crippen LogP contribution in [-0.2, 0) is 0 Å². The minimum Gasteiger partial charge on any atom is -0.309 e. The topological polar surface area (TPSA) is 40.7 Å². The quantitative estimate of drug-likeness (QED) is 0.725. The molecule has 2 N–H and O–H groups in total. The molecule has 15 heavy (non-hydrogen) atoms. The number of nitrogens with zero attached hydrogens (tertiary/aromatic N) is 1. The van der Waals surface area contributed by atoms with Gasteiger partial charge in [-0.1, -0.05) is 11.6 Å². The molecular weight excluding hydrogens is 186 g/mol. The number of rotatable bonds is 5. The molecule has 1 atom stereocenters. The van der Waals surface area contributed by atoms with Crippen LogP contribution in [0, 0.1) is 0 Å². The number of hydrogen-bond acceptors (Lipinski definition) is 2. The zero-order valence-corrected chi connectivity index (χ0v) is 9.29. The SMILES string of the molecule is CC(NCCC1=CCCC1)c1ccn[nH]1. The van der Waals surface area contributed by atoms with E-state index in [0.29, 0.717) is 6.04 Å². The van der Waals surface area contributed by atoms with Crippen LogP contribution in [0.15, 0.2) is 23.9 Å². The van der Waals surface area contributed by atoms with Gasteiger partial charge >= 0.3 is 0 Å². The van der Waals surface area contributed by atoms with Crippen molar-refractivity contribution in [2.75, 3.05) is 6.54 Å². The normalized spacial score (nSPS) is 17.8. The number of aromatic amines is 1. The molecule has 1 aromatic heterocycles. The number of aromatic nitrogens is 2. The zero-order chi connectivity index (χ0) is 10.5. The summed E-state index contributed by atoms with van der Waals surface area (Å²) in [7, 11) is 0. The van der Waals surface area contributed by atoms with E-state index >= 15 is 0 Å². The van der Waals surface area contributed by atoms with Gasteiger partial charge in [0.1, 0.15) is 0 Å². The number of nitrogens with one attached hydrogen (secondary N) is 2. The highest BCUT2D eigenvalue weighted by Gasteiger charge is 2.07.